The quantitative estimate of drug-likeness (QED) is 0.523. The Balaban J connectivity index is 1.47. The summed E-state index contributed by atoms with van der Waals surface area (Å²) in [4.78, 5) is 0. The van der Waals surface area contributed by atoms with Crippen LogP contribution in [0.15, 0.2) is 0 Å². The van der Waals surface area contributed by atoms with Gasteiger partial charge >= 0.3 is 0 Å². The first kappa shape index (κ1) is 13.8. The fourth-order valence-electron chi connectivity index (χ4n) is 9.88. The molecule has 0 unspecified atom stereocenters. The van der Waals surface area contributed by atoms with E-state index in [1.54, 1.807) is 96.3 Å². The first-order valence-corrected chi connectivity index (χ1v) is 12.5. The zero-order valence-electron chi connectivity index (χ0n) is 14.4. The smallest absolute Gasteiger partial charge is 0.0695 e. The van der Waals surface area contributed by atoms with E-state index in [-0.39, 0.29) is 0 Å². The summed E-state index contributed by atoms with van der Waals surface area (Å²) < 4.78 is 2.93. The van der Waals surface area contributed by atoms with Gasteiger partial charge in [-0.05, 0) is 17.8 Å². The molecular weight excluding hydrogens is 279 g/mol. The van der Waals surface area contributed by atoms with Gasteiger partial charge in [0.2, 0.25) is 0 Å². The largest absolute Gasteiger partial charge is 0.283 e. The Morgan fingerprint density at radius 3 is 0.909 bits per heavy atom. The molecule has 6 fully saturated rings. The van der Waals surface area contributed by atoms with Gasteiger partial charge in [-0.2, -0.15) is 0 Å². The molecule has 6 aliphatic carbocycles. The second-order valence-corrected chi connectivity index (χ2v) is 15.5. The number of hydrogen-bond donors (Lipinski definition) is 0. The highest BCUT2D eigenvalue weighted by Crippen LogP contribution is 2.79. The van der Waals surface area contributed by atoms with Gasteiger partial charge in [0, 0.05) is 0 Å². The van der Waals surface area contributed by atoms with Gasteiger partial charge in [-0.25, -0.2) is 0 Å². The normalized spacial score (nSPS) is 58.1. The molecule has 0 N–H and O–H groups in total. The standard InChI is InChI=1S/3C7H11.Al/c3*1-2-7-4-3-6(1)5-7;/h3*6H,1-5H2;. The van der Waals surface area contributed by atoms with E-state index in [1.165, 1.54) is 17.8 Å². The van der Waals surface area contributed by atoms with E-state index in [4.69, 9.17) is 0 Å². The molecule has 120 valence electrons. The predicted molar refractivity (Wildman–Crippen MR) is 93.6 cm³/mol. The van der Waals surface area contributed by atoms with E-state index in [0.29, 0.717) is 0 Å². The zero-order chi connectivity index (χ0) is 14.4. The van der Waals surface area contributed by atoms with Crippen LogP contribution < -0.4 is 0 Å². The molecule has 0 aliphatic heterocycles. The van der Waals surface area contributed by atoms with Crippen LogP contribution in [0.25, 0.3) is 0 Å². The van der Waals surface area contributed by atoms with Crippen molar-refractivity contribution >= 4 is 14.1 Å². The van der Waals surface area contributed by atoms with Gasteiger partial charge in [0.05, 0.1) is 0 Å². The van der Waals surface area contributed by atoms with Crippen LogP contribution in [0.1, 0.15) is 96.3 Å². The number of fused-ring (bicyclic) bond motifs is 6. The number of hydrogen-bond acceptors (Lipinski definition) is 0. The van der Waals surface area contributed by atoms with Crippen LogP contribution in [0.5, 0.6) is 0 Å². The molecule has 0 radical (unpaired) electrons. The summed E-state index contributed by atoms with van der Waals surface area (Å²) in [6, 6.07) is 0. The molecule has 0 aromatic heterocycles. The van der Waals surface area contributed by atoms with Crippen molar-refractivity contribution in [1.29, 1.82) is 0 Å². The van der Waals surface area contributed by atoms with Crippen molar-refractivity contribution in [2.45, 2.75) is 109 Å². The van der Waals surface area contributed by atoms with Crippen molar-refractivity contribution in [1.82, 2.24) is 0 Å². The molecule has 0 aromatic carbocycles. The molecule has 0 amide bonds. The lowest BCUT2D eigenvalue weighted by molar-refractivity contribution is 0.399. The third-order valence-electron chi connectivity index (χ3n) is 10.2. The molecule has 6 rings (SSSR count). The Bertz CT molecular complexity index is 399. The number of rotatable bonds is 3. The van der Waals surface area contributed by atoms with Gasteiger partial charge in [-0.3, -0.25) is 0 Å². The summed E-state index contributed by atoms with van der Waals surface area (Å²) in [5, 5.41) is 0. The molecule has 1 heteroatoms. The lowest BCUT2D eigenvalue weighted by Gasteiger charge is -2.52. The molecule has 6 aliphatic rings. The SMILES string of the molecule is C1C[C]2([Al]([C]34CCC(CC3)C4)[C]34CCC(CC3)C4)CCC1C2. The molecule has 0 saturated heterocycles. The van der Waals surface area contributed by atoms with Crippen LogP contribution in [0.3, 0.4) is 0 Å². The summed E-state index contributed by atoms with van der Waals surface area (Å²) >= 11 is -0.674. The minimum Gasteiger partial charge on any atom is -0.0695 e. The van der Waals surface area contributed by atoms with Gasteiger partial charge < -0.3 is 0 Å². The second-order valence-electron chi connectivity index (χ2n) is 11.0. The fraction of sp³-hybridized carbons (Fsp3) is 1.00. The summed E-state index contributed by atoms with van der Waals surface area (Å²) in [5.74, 6) is 3.54. The van der Waals surface area contributed by atoms with Crippen LogP contribution >= 0.6 is 0 Å². The summed E-state index contributed by atoms with van der Waals surface area (Å²) in [7, 11) is 0. The van der Waals surface area contributed by atoms with Crippen molar-refractivity contribution in [3.8, 4) is 0 Å². The minimum absolute atomic E-state index is 0.674. The molecular formula is C21H33Al. The van der Waals surface area contributed by atoms with E-state index in [9.17, 15) is 0 Å². The summed E-state index contributed by atoms with van der Waals surface area (Å²) in [5.41, 5.74) is 0. The van der Waals surface area contributed by atoms with E-state index >= 15 is 0 Å². The van der Waals surface area contributed by atoms with E-state index < -0.39 is 14.1 Å². The fourth-order valence-corrected chi connectivity index (χ4v) is 18.2. The molecule has 0 aromatic rings. The molecule has 22 heavy (non-hydrogen) atoms. The maximum Gasteiger partial charge on any atom is 0.283 e. The van der Waals surface area contributed by atoms with Crippen molar-refractivity contribution in [3.63, 3.8) is 0 Å². The average molecular weight is 312 g/mol. The predicted octanol–water partition coefficient (Wildman–Crippen LogP) is 6.48. The molecule has 0 atom stereocenters. The Labute approximate surface area is 141 Å². The average Bonchev–Trinajstić information content (AvgIpc) is 3.35. The molecule has 6 bridgehead atoms. The Hall–Kier alpha value is 0.532. The van der Waals surface area contributed by atoms with Crippen molar-refractivity contribution in [3.05, 3.63) is 0 Å². The van der Waals surface area contributed by atoms with E-state index in [0.717, 1.165) is 12.8 Å². The molecule has 0 heterocycles. The maximum atomic E-state index is 1.72. The highest BCUT2D eigenvalue weighted by molar-refractivity contribution is 6.69. The molecule has 0 spiro atoms. The lowest BCUT2D eigenvalue weighted by Crippen LogP contribution is -2.48. The minimum atomic E-state index is -0.674. The van der Waals surface area contributed by atoms with Gasteiger partial charge in [-0.1, -0.05) is 109 Å². The maximum absolute atomic E-state index is 1.72. The van der Waals surface area contributed by atoms with Crippen LogP contribution in [-0.2, 0) is 0 Å². The Morgan fingerprint density at radius 2 is 0.727 bits per heavy atom. The second kappa shape index (κ2) is 4.38. The third-order valence-corrected chi connectivity index (χ3v) is 16.3. The highest BCUT2D eigenvalue weighted by atomic mass is 27.2. The van der Waals surface area contributed by atoms with Crippen molar-refractivity contribution in [2.75, 3.05) is 0 Å². The van der Waals surface area contributed by atoms with Gasteiger partial charge in [-0.15, -0.1) is 0 Å². The van der Waals surface area contributed by atoms with Crippen LogP contribution in [0.4, 0.5) is 0 Å². The molecule has 6 saturated carbocycles. The van der Waals surface area contributed by atoms with Crippen molar-refractivity contribution < 1.29 is 0 Å². The Morgan fingerprint density at radius 1 is 0.455 bits per heavy atom. The van der Waals surface area contributed by atoms with Gasteiger partial charge in [0.1, 0.15) is 0 Å². The molecule has 0 nitrogen and oxygen atoms in total. The van der Waals surface area contributed by atoms with E-state index in [2.05, 4.69) is 0 Å². The summed E-state index contributed by atoms with van der Waals surface area (Å²) in [6.45, 7) is 0. The zero-order valence-corrected chi connectivity index (χ0v) is 15.6. The Kier molecular flexibility index (Phi) is 2.74. The third kappa shape index (κ3) is 1.62. The van der Waals surface area contributed by atoms with Gasteiger partial charge in [0.25, 0.3) is 14.1 Å². The van der Waals surface area contributed by atoms with Crippen molar-refractivity contribution in [2.24, 2.45) is 17.8 Å². The monoisotopic (exact) mass is 312 g/mol. The summed E-state index contributed by atoms with van der Waals surface area (Å²) in [6.07, 6.45) is 25.2. The lowest BCUT2D eigenvalue weighted by atomic mass is 9.97. The first-order valence-electron chi connectivity index (χ1n) is 10.7. The van der Waals surface area contributed by atoms with Crippen LogP contribution in [0, 0.1) is 17.8 Å². The van der Waals surface area contributed by atoms with Crippen LogP contribution in [-0.4, -0.2) is 14.1 Å². The topological polar surface area (TPSA) is 0 Å². The van der Waals surface area contributed by atoms with Crippen LogP contribution in [0.2, 0.25) is 12.8 Å². The first-order chi connectivity index (χ1) is 10.7. The highest BCUT2D eigenvalue weighted by Gasteiger charge is 2.70. The van der Waals surface area contributed by atoms with Gasteiger partial charge in [0.15, 0.2) is 0 Å². The van der Waals surface area contributed by atoms with E-state index in [1.807, 2.05) is 0 Å².